The number of benzene rings is 2. The Morgan fingerprint density at radius 1 is 1.06 bits per heavy atom. The SMILES string of the molecule is COc1ccc(CCC(=O)NCCN2C(=O)SC(=Cc3ccc(C)cc3)C2=O)cc1OC. The number of hydrogen-bond donors (Lipinski definition) is 1. The van der Waals surface area contributed by atoms with E-state index in [-0.39, 0.29) is 36.6 Å². The van der Waals surface area contributed by atoms with Gasteiger partial charge < -0.3 is 14.8 Å². The smallest absolute Gasteiger partial charge is 0.293 e. The largest absolute Gasteiger partial charge is 0.493 e. The van der Waals surface area contributed by atoms with Crippen molar-refractivity contribution in [2.75, 3.05) is 27.3 Å². The molecule has 0 spiro atoms. The van der Waals surface area contributed by atoms with E-state index in [0.29, 0.717) is 22.8 Å². The molecule has 168 valence electrons. The maximum Gasteiger partial charge on any atom is 0.293 e. The van der Waals surface area contributed by atoms with Crippen LogP contribution < -0.4 is 14.8 Å². The van der Waals surface area contributed by atoms with Crippen LogP contribution in [0.5, 0.6) is 11.5 Å². The molecule has 3 amide bonds. The number of carbonyl (C=O) groups excluding carboxylic acids is 3. The summed E-state index contributed by atoms with van der Waals surface area (Å²) in [4.78, 5) is 38.5. The second kappa shape index (κ2) is 10.9. The molecule has 1 heterocycles. The number of carbonyl (C=O) groups is 3. The Morgan fingerprint density at radius 2 is 1.78 bits per heavy atom. The average Bonchev–Trinajstić information content (AvgIpc) is 3.06. The summed E-state index contributed by atoms with van der Waals surface area (Å²) in [6.45, 7) is 2.33. The van der Waals surface area contributed by atoms with E-state index < -0.39 is 0 Å². The van der Waals surface area contributed by atoms with E-state index in [4.69, 9.17) is 9.47 Å². The molecule has 0 atom stereocenters. The van der Waals surface area contributed by atoms with E-state index in [1.807, 2.05) is 43.3 Å². The fraction of sp³-hybridized carbons (Fsp3) is 0.292. The first-order valence-corrected chi connectivity index (χ1v) is 11.0. The summed E-state index contributed by atoms with van der Waals surface area (Å²) >= 11 is 0.917. The van der Waals surface area contributed by atoms with Crippen LogP contribution in [0.2, 0.25) is 0 Å². The number of aryl methyl sites for hydroxylation is 2. The molecule has 1 saturated heterocycles. The molecule has 0 bridgehead atoms. The summed E-state index contributed by atoms with van der Waals surface area (Å²) in [6, 6.07) is 13.2. The van der Waals surface area contributed by atoms with Gasteiger partial charge in [-0.25, -0.2) is 0 Å². The number of rotatable bonds is 9. The Balaban J connectivity index is 1.47. The van der Waals surface area contributed by atoms with Crippen LogP contribution in [-0.2, 0) is 16.0 Å². The van der Waals surface area contributed by atoms with E-state index in [9.17, 15) is 14.4 Å². The Bertz CT molecular complexity index is 1030. The summed E-state index contributed by atoms with van der Waals surface area (Å²) in [5.41, 5.74) is 2.94. The third-order valence-corrected chi connectivity index (χ3v) is 5.90. The van der Waals surface area contributed by atoms with Crippen LogP contribution in [0.15, 0.2) is 47.4 Å². The van der Waals surface area contributed by atoms with Crippen molar-refractivity contribution in [3.8, 4) is 11.5 Å². The van der Waals surface area contributed by atoms with Crippen molar-refractivity contribution in [3.63, 3.8) is 0 Å². The Kier molecular flexibility index (Phi) is 7.94. The van der Waals surface area contributed by atoms with Gasteiger partial charge >= 0.3 is 0 Å². The van der Waals surface area contributed by atoms with E-state index in [2.05, 4.69) is 5.32 Å². The highest BCUT2D eigenvalue weighted by Crippen LogP contribution is 2.32. The molecule has 1 aliphatic rings. The van der Waals surface area contributed by atoms with Gasteiger partial charge in [-0.3, -0.25) is 19.3 Å². The Morgan fingerprint density at radius 3 is 2.47 bits per heavy atom. The monoisotopic (exact) mass is 454 g/mol. The Labute approximate surface area is 191 Å². The highest BCUT2D eigenvalue weighted by molar-refractivity contribution is 8.18. The van der Waals surface area contributed by atoms with Gasteiger partial charge in [-0.2, -0.15) is 0 Å². The molecule has 8 heteroatoms. The van der Waals surface area contributed by atoms with Gasteiger partial charge in [0.2, 0.25) is 5.91 Å². The number of hydrogen-bond acceptors (Lipinski definition) is 6. The molecule has 0 unspecified atom stereocenters. The molecular weight excluding hydrogens is 428 g/mol. The topological polar surface area (TPSA) is 84.9 Å². The number of nitrogens with zero attached hydrogens (tertiary/aromatic N) is 1. The van der Waals surface area contributed by atoms with Crippen LogP contribution in [-0.4, -0.2) is 49.3 Å². The van der Waals surface area contributed by atoms with Gasteiger partial charge in [-0.05, 0) is 54.4 Å². The predicted molar refractivity (Wildman–Crippen MR) is 125 cm³/mol. The van der Waals surface area contributed by atoms with Crippen molar-refractivity contribution < 1.29 is 23.9 Å². The van der Waals surface area contributed by atoms with E-state index in [1.165, 1.54) is 4.90 Å². The lowest BCUT2D eigenvalue weighted by atomic mass is 10.1. The number of nitrogens with one attached hydrogen (secondary N) is 1. The third kappa shape index (κ3) is 5.91. The predicted octanol–water partition coefficient (Wildman–Crippen LogP) is 3.80. The van der Waals surface area contributed by atoms with Crippen LogP contribution in [0, 0.1) is 6.92 Å². The zero-order valence-corrected chi connectivity index (χ0v) is 19.2. The van der Waals surface area contributed by atoms with Crippen molar-refractivity contribution in [2.45, 2.75) is 19.8 Å². The van der Waals surface area contributed by atoms with E-state index in [1.54, 1.807) is 26.4 Å². The third-order valence-electron chi connectivity index (χ3n) is 4.99. The maximum atomic E-state index is 12.6. The van der Waals surface area contributed by atoms with Crippen molar-refractivity contribution in [2.24, 2.45) is 0 Å². The molecule has 0 saturated carbocycles. The summed E-state index contributed by atoms with van der Waals surface area (Å²) in [7, 11) is 3.13. The van der Waals surface area contributed by atoms with Gasteiger partial charge in [-0.1, -0.05) is 35.9 Å². The van der Waals surface area contributed by atoms with E-state index >= 15 is 0 Å². The van der Waals surface area contributed by atoms with Crippen LogP contribution >= 0.6 is 11.8 Å². The lowest BCUT2D eigenvalue weighted by Crippen LogP contribution is -2.37. The normalized spacial score (nSPS) is 14.7. The van der Waals surface area contributed by atoms with Gasteiger partial charge in [-0.15, -0.1) is 0 Å². The maximum absolute atomic E-state index is 12.6. The minimum absolute atomic E-state index is 0.137. The molecule has 1 fully saturated rings. The molecule has 7 nitrogen and oxygen atoms in total. The summed E-state index contributed by atoms with van der Waals surface area (Å²) in [5.74, 6) is 0.764. The van der Waals surface area contributed by atoms with Gasteiger partial charge in [0.15, 0.2) is 11.5 Å². The van der Waals surface area contributed by atoms with Crippen LogP contribution in [0.1, 0.15) is 23.1 Å². The highest BCUT2D eigenvalue weighted by atomic mass is 32.2. The molecule has 3 rings (SSSR count). The molecule has 0 aliphatic carbocycles. The zero-order chi connectivity index (χ0) is 23.1. The fourth-order valence-corrected chi connectivity index (χ4v) is 4.06. The number of amides is 3. The lowest BCUT2D eigenvalue weighted by molar-refractivity contribution is -0.124. The van der Waals surface area contributed by atoms with Crippen LogP contribution in [0.3, 0.4) is 0 Å². The van der Waals surface area contributed by atoms with Gasteiger partial charge in [0, 0.05) is 19.5 Å². The van der Waals surface area contributed by atoms with Crippen molar-refractivity contribution in [3.05, 3.63) is 64.1 Å². The van der Waals surface area contributed by atoms with Crippen LogP contribution in [0.4, 0.5) is 4.79 Å². The Hall–Kier alpha value is -3.26. The van der Waals surface area contributed by atoms with Crippen LogP contribution in [0.25, 0.3) is 6.08 Å². The zero-order valence-electron chi connectivity index (χ0n) is 18.3. The van der Waals surface area contributed by atoms with E-state index in [0.717, 1.165) is 28.5 Å². The molecule has 32 heavy (non-hydrogen) atoms. The summed E-state index contributed by atoms with van der Waals surface area (Å²) in [6.07, 6.45) is 2.53. The van der Waals surface area contributed by atoms with Crippen molar-refractivity contribution in [1.82, 2.24) is 10.2 Å². The lowest BCUT2D eigenvalue weighted by Gasteiger charge is -2.13. The quantitative estimate of drug-likeness (QED) is 0.580. The molecule has 2 aromatic rings. The van der Waals surface area contributed by atoms with Gasteiger partial charge in [0.1, 0.15) is 0 Å². The minimum Gasteiger partial charge on any atom is -0.493 e. The number of ether oxygens (including phenoxy) is 2. The second-order valence-electron chi connectivity index (χ2n) is 7.28. The molecule has 0 aromatic heterocycles. The molecular formula is C24H26N2O5S. The first-order valence-electron chi connectivity index (χ1n) is 10.2. The second-order valence-corrected chi connectivity index (χ2v) is 8.28. The number of thioether (sulfide) groups is 1. The first-order chi connectivity index (χ1) is 15.4. The standard InChI is InChI=1S/C24H26N2O5S/c1-16-4-6-18(7-5-16)15-21-23(28)26(24(29)32-21)13-12-25-22(27)11-9-17-8-10-19(30-2)20(14-17)31-3/h4-8,10,14-15H,9,11-13H2,1-3H3,(H,25,27). The van der Waals surface area contributed by atoms with Crippen molar-refractivity contribution >= 4 is 34.9 Å². The molecule has 1 N–H and O–H groups in total. The average molecular weight is 455 g/mol. The first kappa shape index (κ1) is 23.4. The number of methoxy groups -OCH3 is 2. The molecule has 2 aromatic carbocycles. The summed E-state index contributed by atoms with van der Waals surface area (Å²) < 4.78 is 10.5. The van der Waals surface area contributed by atoms with Gasteiger partial charge in [0.05, 0.1) is 19.1 Å². The summed E-state index contributed by atoms with van der Waals surface area (Å²) in [5, 5.41) is 2.45. The number of imide groups is 1. The van der Waals surface area contributed by atoms with Crippen molar-refractivity contribution in [1.29, 1.82) is 0 Å². The molecule has 0 radical (unpaired) electrons. The molecule has 1 aliphatic heterocycles. The highest BCUT2D eigenvalue weighted by Gasteiger charge is 2.34. The minimum atomic E-state index is -0.333. The fourth-order valence-electron chi connectivity index (χ4n) is 3.20. The van der Waals surface area contributed by atoms with Gasteiger partial charge in [0.25, 0.3) is 11.1 Å².